The lowest BCUT2D eigenvalue weighted by molar-refractivity contribution is -0.118. The molecule has 2 aromatic carbocycles. The van der Waals surface area contributed by atoms with Gasteiger partial charge in [0.1, 0.15) is 5.78 Å². The van der Waals surface area contributed by atoms with Gasteiger partial charge < -0.3 is 4.57 Å². The van der Waals surface area contributed by atoms with E-state index < -0.39 is 0 Å². The standard InChI is InChI=1S/C24H23NO2/c1-16-12-19(15-25(2)24(16)27)21-11-9-18-8-10-20(26)14-22(18)23(21)13-17-6-4-3-5-7-17/h3-7,9,11-12,15H,8,10,13-14H2,1-2H3. The Morgan fingerprint density at radius 1 is 1.00 bits per heavy atom. The quantitative estimate of drug-likeness (QED) is 0.710. The summed E-state index contributed by atoms with van der Waals surface area (Å²) in [6.07, 6.45) is 4.65. The highest BCUT2D eigenvalue weighted by molar-refractivity contribution is 5.85. The highest BCUT2D eigenvalue weighted by Crippen LogP contribution is 2.33. The topological polar surface area (TPSA) is 39.1 Å². The lowest BCUT2D eigenvalue weighted by Crippen LogP contribution is -2.19. The van der Waals surface area contributed by atoms with Crippen molar-refractivity contribution in [3.05, 3.63) is 92.9 Å². The van der Waals surface area contributed by atoms with Crippen molar-refractivity contribution >= 4 is 5.78 Å². The van der Waals surface area contributed by atoms with Gasteiger partial charge >= 0.3 is 0 Å². The van der Waals surface area contributed by atoms with E-state index in [1.807, 2.05) is 37.4 Å². The fourth-order valence-electron chi connectivity index (χ4n) is 4.05. The molecule has 3 nitrogen and oxygen atoms in total. The number of aromatic nitrogens is 1. The van der Waals surface area contributed by atoms with Gasteiger partial charge in [0.05, 0.1) is 0 Å². The summed E-state index contributed by atoms with van der Waals surface area (Å²) < 4.78 is 1.64. The maximum Gasteiger partial charge on any atom is 0.253 e. The molecule has 1 aliphatic rings. The van der Waals surface area contributed by atoms with Crippen molar-refractivity contribution in [2.45, 2.75) is 32.6 Å². The van der Waals surface area contributed by atoms with Crippen LogP contribution in [0.3, 0.4) is 0 Å². The second-order valence-corrected chi connectivity index (χ2v) is 7.44. The third-order valence-electron chi connectivity index (χ3n) is 5.47. The molecular formula is C24H23NO2. The van der Waals surface area contributed by atoms with Crippen LogP contribution in [0.25, 0.3) is 11.1 Å². The normalized spacial score (nSPS) is 13.5. The third-order valence-corrected chi connectivity index (χ3v) is 5.47. The smallest absolute Gasteiger partial charge is 0.253 e. The number of pyridine rings is 1. The van der Waals surface area contributed by atoms with Crippen LogP contribution in [0.4, 0.5) is 0 Å². The Labute approximate surface area is 159 Å². The molecule has 1 aliphatic carbocycles. The maximum absolute atomic E-state index is 12.2. The van der Waals surface area contributed by atoms with Crippen LogP contribution in [0.5, 0.6) is 0 Å². The molecule has 0 fully saturated rings. The summed E-state index contributed by atoms with van der Waals surface area (Å²) in [5, 5.41) is 0. The van der Waals surface area contributed by atoms with E-state index in [0.29, 0.717) is 18.6 Å². The second kappa shape index (κ2) is 6.99. The van der Waals surface area contributed by atoms with Crippen molar-refractivity contribution in [2.24, 2.45) is 7.05 Å². The molecule has 3 heteroatoms. The number of ketones is 1. The van der Waals surface area contributed by atoms with Crippen molar-refractivity contribution in [1.82, 2.24) is 4.57 Å². The van der Waals surface area contributed by atoms with Gasteiger partial charge in [-0.25, -0.2) is 0 Å². The molecule has 0 aliphatic heterocycles. The molecule has 4 rings (SSSR count). The monoisotopic (exact) mass is 357 g/mol. The summed E-state index contributed by atoms with van der Waals surface area (Å²) in [7, 11) is 1.79. The van der Waals surface area contributed by atoms with Gasteiger partial charge in [-0.1, -0.05) is 42.5 Å². The average molecular weight is 357 g/mol. The first-order valence-electron chi connectivity index (χ1n) is 9.40. The largest absolute Gasteiger partial charge is 0.318 e. The van der Waals surface area contributed by atoms with Crippen LogP contribution in [-0.2, 0) is 31.1 Å². The van der Waals surface area contributed by atoms with Gasteiger partial charge in [-0.15, -0.1) is 0 Å². The number of rotatable bonds is 3. The van der Waals surface area contributed by atoms with E-state index in [1.165, 1.54) is 22.3 Å². The van der Waals surface area contributed by atoms with Crippen molar-refractivity contribution in [1.29, 1.82) is 0 Å². The fraction of sp³-hybridized carbons (Fsp3) is 0.250. The summed E-state index contributed by atoms with van der Waals surface area (Å²) in [5.41, 5.74) is 7.81. The first kappa shape index (κ1) is 17.5. The van der Waals surface area contributed by atoms with E-state index in [2.05, 4.69) is 24.3 Å². The summed E-state index contributed by atoms with van der Waals surface area (Å²) >= 11 is 0. The lowest BCUT2D eigenvalue weighted by Gasteiger charge is -2.22. The Kier molecular flexibility index (Phi) is 4.53. The van der Waals surface area contributed by atoms with E-state index >= 15 is 0 Å². The van der Waals surface area contributed by atoms with E-state index in [0.717, 1.165) is 29.5 Å². The predicted molar refractivity (Wildman–Crippen MR) is 108 cm³/mol. The number of Topliss-reactive ketones (excluding diaryl/α,β-unsaturated/α-hetero) is 1. The highest BCUT2D eigenvalue weighted by atomic mass is 16.1. The van der Waals surface area contributed by atoms with Crippen molar-refractivity contribution in [3.8, 4) is 11.1 Å². The van der Waals surface area contributed by atoms with E-state index in [1.54, 1.807) is 11.6 Å². The average Bonchev–Trinajstić information content (AvgIpc) is 2.67. The highest BCUT2D eigenvalue weighted by Gasteiger charge is 2.22. The van der Waals surface area contributed by atoms with Gasteiger partial charge in [-0.3, -0.25) is 9.59 Å². The molecule has 0 atom stereocenters. The SMILES string of the molecule is Cc1cc(-c2ccc3c(c2Cc2ccccc2)CC(=O)CC3)cn(C)c1=O. The molecular weight excluding hydrogens is 334 g/mol. The Balaban J connectivity index is 1.92. The number of hydrogen-bond acceptors (Lipinski definition) is 2. The first-order valence-corrected chi connectivity index (χ1v) is 9.40. The summed E-state index contributed by atoms with van der Waals surface area (Å²) in [6, 6.07) is 16.6. The predicted octanol–water partition coefficient (Wildman–Crippen LogP) is 4.01. The molecule has 0 spiro atoms. The Hall–Kier alpha value is -2.94. The molecule has 0 bridgehead atoms. The zero-order valence-corrected chi connectivity index (χ0v) is 15.8. The number of hydrogen-bond donors (Lipinski definition) is 0. The van der Waals surface area contributed by atoms with Gasteiger partial charge in [-0.05, 0) is 59.2 Å². The van der Waals surface area contributed by atoms with Gasteiger partial charge in [0.25, 0.3) is 5.56 Å². The summed E-state index contributed by atoms with van der Waals surface area (Å²) in [4.78, 5) is 24.3. The Bertz CT molecular complexity index is 1050. The molecule has 0 radical (unpaired) electrons. The van der Waals surface area contributed by atoms with Crippen LogP contribution < -0.4 is 5.56 Å². The minimum absolute atomic E-state index is 0.0245. The van der Waals surface area contributed by atoms with Crippen LogP contribution in [0, 0.1) is 6.92 Å². The Morgan fingerprint density at radius 2 is 1.78 bits per heavy atom. The second-order valence-electron chi connectivity index (χ2n) is 7.44. The Morgan fingerprint density at radius 3 is 2.52 bits per heavy atom. The summed E-state index contributed by atoms with van der Waals surface area (Å²) in [5.74, 6) is 0.311. The number of aryl methyl sites for hydroxylation is 3. The van der Waals surface area contributed by atoms with Crippen LogP contribution in [0.2, 0.25) is 0 Å². The molecule has 1 aromatic heterocycles. The molecule has 3 aromatic rings. The molecule has 27 heavy (non-hydrogen) atoms. The van der Waals surface area contributed by atoms with Gasteiger partial charge in [0.2, 0.25) is 0 Å². The number of carbonyl (C=O) groups excluding carboxylic acids is 1. The van der Waals surface area contributed by atoms with Gasteiger partial charge in [0, 0.05) is 31.6 Å². The van der Waals surface area contributed by atoms with Crippen molar-refractivity contribution < 1.29 is 4.79 Å². The van der Waals surface area contributed by atoms with Crippen molar-refractivity contribution in [2.75, 3.05) is 0 Å². The van der Waals surface area contributed by atoms with Crippen LogP contribution in [-0.4, -0.2) is 10.4 Å². The van der Waals surface area contributed by atoms with Crippen LogP contribution >= 0.6 is 0 Å². The van der Waals surface area contributed by atoms with Crippen LogP contribution in [0.15, 0.2) is 59.5 Å². The molecule has 0 saturated heterocycles. The first-order chi connectivity index (χ1) is 13.0. The van der Waals surface area contributed by atoms with E-state index in [4.69, 9.17) is 0 Å². The molecule has 136 valence electrons. The van der Waals surface area contributed by atoms with Crippen molar-refractivity contribution in [3.63, 3.8) is 0 Å². The van der Waals surface area contributed by atoms with Gasteiger partial charge in [0.15, 0.2) is 0 Å². The molecule has 0 N–H and O–H groups in total. The number of fused-ring (bicyclic) bond motifs is 1. The van der Waals surface area contributed by atoms with E-state index in [-0.39, 0.29) is 5.56 Å². The fourth-order valence-corrected chi connectivity index (χ4v) is 4.05. The van der Waals surface area contributed by atoms with Gasteiger partial charge in [-0.2, -0.15) is 0 Å². The zero-order chi connectivity index (χ0) is 19.0. The number of benzene rings is 2. The molecule has 0 saturated carbocycles. The molecule has 0 unspecified atom stereocenters. The van der Waals surface area contributed by atoms with Crippen LogP contribution in [0.1, 0.15) is 34.2 Å². The zero-order valence-electron chi connectivity index (χ0n) is 15.8. The van der Waals surface area contributed by atoms with E-state index in [9.17, 15) is 9.59 Å². The molecule has 0 amide bonds. The maximum atomic E-state index is 12.2. The minimum Gasteiger partial charge on any atom is -0.318 e. The third kappa shape index (κ3) is 3.37. The lowest BCUT2D eigenvalue weighted by atomic mass is 9.82. The minimum atomic E-state index is 0.0245. The number of nitrogens with zero attached hydrogens (tertiary/aromatic N) is 1. The number of carbonyl (C=O) groups is 1. The summed E-state index contributed by atoms with van der Waals surface area (Å²) in [6.45, 7) is 1.85. The molecule has 1 heterocycles.